The van der Waals surface area contributed by atoms with Gasteiger partial charge in [0, 0.05) is 36.4 Å². The predicted molar refractivity (Wildman–Crippen MR) is 238 cm³/mol. The van der Waals surface area contributed by atoms with Crippen molar-refractivity contribution in [3.63, 3.8) is 0 Å². The summed E-state index contributed by atoms with van der Waals surface area (Å²) in [5, 5.41) is 12.0. The molecule has 1 unspecified atom stereocenters. The number of nitrogens with zero attached hydrogens (tertiary/aromatic N) is 4. The first-order valence-corrected chi connectivity index (χ1v) is 21.8. The molecule has 4 aromatic carbocycles. The highest BCUT2D eigenvalue weighted by molar-refractivity contribution is 7.50. The highest BCUT2D eigenvalue weighted by atomic mass is 31.2. The lowest BCUT2D eigenvalue weighted by Crippen LogP contribution is -2.39. The summed E-state index contributed by atoms with van der Waals surface area (Å²) in [6.45, 7) is 8.65. The van der Waals surface area contributed by atoms with Crippen LogP contribution in [0, 0.1) is 11.3 Å². The van der Waals surface area contributed by atoms with E-state index in [1.807, 2.05) is 97.1 Å². The molecule has 6 rings (SSSR count). The van der Waals surface area contributed by atoms with Crippen LogP contribution in [0.4, 0.5) is 5.82 Å². The van der Waals surface area contributed by atoms with E-state index < -0.39 is 38.0 Å². The van der Waals surface area contributed by atoms with Gasteiger partial charge < -0.3 is 28.8 Å². The summed E-state index contributed by atoms with van der Waals surface area (Å²) in [7, 11) is 2.02. The Balaban J connectivity index is 1.39. The predicted octanol–water partition coefficient (Wildman–Crippen LogP) is 9.09. The normalized spacial score (nSPS) is 17.1. The first-order valence-electron chi connectivity index (χ1n) is 20.4. The Morgan fingerprint density at radius 2 is 1.46 bits per heavy atom. The maximum Gasteiger partial charge on any atom is 0.351 e. The van der Waals surface area contributed by atoms with Crippen LogP contribution in [0.3, 0.4) is 0 Å². The lowest BCUT2D eigenvalue weighted by atomic mass is 9.80. The molecule has 0 radical (unpaired) electrons. The number of allylic oxidation sites excluding steroid dienone is 2. The second-order valence-electron chi connectivity index (χ2n) is 15.1. The molecule has 1 aliphatic heterocycles. The lowest BCUT2D eigenvalue weighted by molar-refractivity contribution is -0.0913. The van der Waals surface area contributed by atoms with Crippen molar-refractivity contribution in [2.24, 2.45) is 0 Å². The highest BCUT2D eigenvalue weighted by Gasteiger charge is 2.44. The van der Waals surface area contributed by atoms with Gasteiger partial charge in [-0.15, -0.1) is 0 Å². The Hall–Kier alpha value is -5.67. The fourth-order valence-corrected chi connectivity index (χ4v) is 9.93. The van der Waals surface area contributed by atoms with Gasteiger partial charge in [-0.1, -0.05) is 84.9 Å². The van der Waals surface area contributed by atoms with Gasteiger partial charge in [0.1, 0.15) is 43.5 Å². The Morgan fingerprint density at radius 3 is 2.00 bits per heavy atom. The summed E-state index contributed by atoms with van der Waals surface area (Å²) in [5.74, 6) is 1.17. The fourth-order valence-electron chi connectivity index (χ4n) is 7.65. The molecule has 5 aromatic rings. The van der Waals surface area contributed by atoms with Gasteiger partial charge in [0.05, 0.1) is 39.4 Å². The van der Waals surface area contributed by atoms with Gasteiger partial charge in [-0.05, 0) is 86.8 Å². The molecule has 0 saturated carbocycles. The molecule has 318 valence electrons. The van der Waals surface area contributed by atoms with Crippen LogP contribution >= 0.6 is 8.30 Å². The molecule has 1 aromatic heterocycles. The third kappa shape index (κ3) is 10.8. The topological polar surface area (TPSA) is 137 Å². The molecule has 1 amide bonds. The summed E-state index contributed by atoms with van der Waals surface area (Å²) >= 11 is 0. The molecular formula is C48H54N5O7P. The third-order valence-electron chi connectivity index (χ3n) is 10.4. The highest BCUT2D eigenvalue weighted by Crippen LogP contribution is 2.50. The van der Waals surface area contributed by atoms with Crippen molar-refractivity contribution in [2.75, 3.05) is 32.3 Å². The van der Waals surface area contributed by atoms with Crippen LogP contribution in [-0.2, 0) is 19.6 Å². The number of hydrogen-bond donors (Lipinski definition) is 1. The van der Waals surface area contributed by atoms with Crippen molar-refractivity contribution in [3.8, 4) is 17.6 Å². The van der Waals surface area contributed by atoms with E-state index in [1.54, 1.807) is 50.7 Å². The van der Waals surface area contributed by atoms with Crippen LogP contribution in [0.5, 0.6) is 11.5 Å². The summed E-state index contributed by atoms with van der Waals surface area (Å²) in [6, 6.07) is 38.5. The number of carbonyl (C=O) groups excluding carboxylic acids is 1. The molecule has 61 heavy (non-hydrogen) atoms. The number of nitrogens with one attached hydrogen (secondary N) is 1. The first kappa shape index (κ1) is 44.9. The summed E-state index contributed by atoms with van der Waals surface area (Å²) in [6.07, 6.45) is 4.74. The number of ether oxygens (including phenoxy) is 4. The molecular weight excluding hydrogens is 790 g/mol. The number of hydrogen-bond acceptors (Lipinski definition) is 10. The van der Waals surface area contributed by atoms with Crippen LogP contribution in [0.2, 0.25) is 0 Å². The van der Waals surface area contributed by atoms with Crippen LogP contribution in [0.25, 0.3) is 0 Å². The summed E-state index contributed by atoms with van der Waals surface area (Å²) in [5.41, 5.74) is 1.35. The van der Waals surface area contributed by atoms with E-state index in [2.05, 4.69) is 48.7 Å². The average molecular weight is 844 g/mol. The molecule has 0 spiro atoms. The maximum atomic E-state index is 13.7. The van der Waals surface area contributed by atoms with Crippen molar-refractivity contribution in [1.29, 1.82) is 5.26 Å². The molecule has 0 bridgehead atoms. The van der Waals surface area contributed by atoms with Gasteiger partial charge in [0.2, 0.25) is 0 Å². The first-order chi connectivity index (χ1) is 29.6. The minimum Gasteiger partial charge on any atom is -0.497 e. The van der Waals surface area contributed by atoms with Gasteiger partial charge in [0.15, 0.2) is 0 Å². The van der Waals surface area contributed by atoms with Gasteiger partial charge in [-0.3, -0.25) is 14.0 Å². The van der Waals surface area contributed by atoms with Crippen LogP contribution in [-0.4, -0.2) is 71.4 Å². The number of benzene rings is 4. The molecule has 12 nitrogen and oxygen atoms in total. The Kier molecular flexibility index (Phi) is 15.6. The standard InChI is InChI=1S/C48H54N5O7P/c1-34(2)53(35(3)4)61(31-15-9-14-29-49)60-42-32-45(52-30-28-44(51-47(52)55)50-46(54)36-16-10-7-11-17-36)59-43(42)33-58-48(37-18-12-8-13-19-37,38-20-24-40(56-5)25-21-38)39-22-26-41(57-6)27-23-39/h7-13,15-28,30,34-35,42-43,45H,14,31-33H2,1-6H3,(H,50,51,54,55)/b15-9+/t42-,43+,45+,61?/m0/s1. The number of methoxy groups -OCH3 is 2. The summed E-state index contributed by atoms with van der Waals surface area (Å²) < 4.78 is 36.2. The van der Waals surface area contributed by atoms with Gasteiger partial charge in [-0.2, -0.15) is 10.2 Å². The van der Waals surface area contributed by atoms with Gasteiger partial charge >= 0.3 is 5.69 Å². The number of amides is 1. The van der Waals surface area contributed by atoms with Gasteiger partial charge in [-0.25, -0.2) is 4.79 Å². The van der Waals surface area contributed by atoms with E-state index in [0.717, 1.165) is 16.7 Å². The smallest absolute Gasteiger partial charge is 0.351 e. The minimum absolute atomic E-state index is 0.0678. The van der Waals surface area contributed by atoms with Crippen molar-refractivity contribution >= 4 is 20.0 Å². The van der Waals surface area contributed by atoms with Crippen LogP contribution in [0.1, 0.15) is 73.8 Å². The molecule has 1 aliphatic rings. The number of aromatic nitrogens is 2. The van der Waals surface area contributed by atoms with Crippen molar-refractivity contribution < 1.29 is 28.3 Å². The van der Waals surface area contributed by atoms with Crippen molar-refractivity contribution in [2.45, 2.75) is 76.7 Å². The zero-order valence-corrected chi connectivity index (χ0v) is 36.4. The van der Waals surface area contributed by atoms with Gasteiger partial charge in [0.25, 0.3) is 5.91 Å². The van der Waals surface area contributed by atoms with Crippen LogP contribution in [0.15, 0.2) is 138 Å². The molecule has 1 fully saturated rings. The molecule has 0 aliphatic carbocycles. The SMILES string of the molecule is COc1ccc(C(OC[C@H]2O[C@@H](n3ccc(NC(=O)c4ccccc4)nc3=O)C[C@@H]2OP(C/C=C/CC#N)N(C(C)C)C(C)C)(c2ccccc2)c2ccc(OC)cc2)cc1. The number of rotatable bonds is 19. The minimum atomic E-state index is -1.25. The largest absolute Gasteiger partial charge is 0.497 e. The third-order valence-corrected chi connectivity index (χ3v) is 12.9. The van der Waals surface area contributed by atoms with E-state index in [0.29, 0.717) is 36.1 Å². The maximum absolute atomic E-state index is 13.7. The van der Waals surface area contributed by atoms with E-state index in [-0.39, 0.29) is 30.4 Å². The fraction of sp³-hybridized carbons (Fsp3) is 0.333. The second-order valence-corrected chi connectivity index (χ2v) is 16.8. The van der Waals surface area contributed by atoms with Crippen molar-refractivity contribution in [3.05, 3.63) is 166 Å². The Bertz CT molecular complexity index is 2240. The average Bonchev–Trinajstić information content (AvgIpc) is 3.67. The number of carbonyl (C=O) groups is 1. The van der Waals surface area contributed by atoms with E-state index >= 15 is 0 Å². The molecule has 1 saturated heterocycles. The molecule has 2 heterocycles. The molecule has 13 heteroatoms. The van der Waals surface area contributed by atoms with E-state index in [4.69, 9.17) is 23.5 Å². The number of nitriles is 1. The van der Waals surface area contributed by atoms with Crippen LogP contribution < -0.4 is 20.5 Å². The van der Waals surface area contributed by atoms with Crippen molar-refractivity contribution in [1.82, 2.24) is 14.2 Å². The molecule has 4 atom stereocenters. The number of anilines is 1. The summed E-state index contributed by atoms with van der Waals surface area (Å²) in [4.78, 5) is 30.8. The zero-order chi connectivity index (χ0) is 43.4. The second kappa shape index (κ2) is 21.2. The van der Waals surface area contributed by atoms with E-state index in [1.165, 1.54) is 4.57 Å². The zero-order valence-electron chi connectivity index (χ0n) is 35.5. The van der Waals surface area contributed by atoms with E-state index in [9.17, 15) is 14.9 Å². The Labute approximate surface area is 359 Å². The lowest BCUT2D eigenvalue weighted by Gasteiger charge is -2.39. The quantitative estimate of drug-likeness (QED) is 0.0487. The monoisotopic (exact) mass is 843 g/mol. The molecule has 1 N–H and O–H groups in total. The Morgan fingerprint density at radius 1 is 0.885 bits per heavy atom.